The van der Waals surface area contributed by atoms with Crippen LogP contribution >= 0.6 is 0 Å². The molecule has 5 rings (SSSR count). The van der Waals surface area contributed by atoms with E-state index in [1.807, 2.05) is 6.92 Å². The second-order valence-corrected chi connectivity index (χ2v) is 15.5. The molecule has 0 bridgehead atoms. The van der Waals surface area contributed by atoms with Crippen LogP contribution in [0.3, 0.4) is 0 Å². The minimum atomic E-state index is -4.02. The summed E-state index contributed by atoms with van der Waals surface area (Å²) >= 11 is 0.169. The van der Waals surface area contributed by atoms with Crippen LogP contribution in [0.15, 0.2) is 40.8 Å². The largest absolute Gasteiger partial charge is 0.294 e. The molecular formula is C27H38N2O4SSe. The molecule has 0 aromatic heterocycles. The van der Waals surface area contributed by atoms with Crippen molar-refractivity contribution in [2.24, 2.45) is 34.3 Å². The van der Waals surface area contributed by atoms with E-state index in [-0.39, 0.29) is 25.3 Å². The van der Waals surface area contributed by atoms with Crippen LogP contribution < -0.4 is 5.73 Å². The number of hydrogen-bond donors (Lipinski definition) is 3. The number of rotatable bonds is 3. The molecule has 4 aliphatic rings. The van der Waals surface area contributed by atoms with Gasteiger partial charge in [0, 0.05) is 0 Å². The molecule has 6 atom stereocenters. The number of Topliss-reactive ketones (excluding diaryl/α,β-unsaturated/α-hetero) is 1. The molecular weight excluding hydrogens is 527 g/mol. The van der Waals surface area contributed by atoms with Crippen LogP contribution in [0.25, 0.3) is 0 Å². The molecule has 0 heterocycles. The van der Waals surface area contributed by atoms with Gasteiger partial charge in [0.25, 0.3) is 10.1 Å². The zero-order chi connectivity index (χ0) is 25.6. The van der Waals surface area contributed by atoms with E-state index in [0.717, 1.165) is 36.7 Å². The molecule has 1 aromatic rings. The predicted octanol–water partition coefficient (Wildman–Crippen LogP) is 5.15. The number of carbonyl (C=O) groups excluding carboxylic acids is 1. The SMILES string of the molecule is C[C@]12CC[C@H]([Se]C(=N)N)CC1=CC[C@@H]1[C@@H]2CC[C@]2(C)C(=O)CC[C@@H]12.Cc1ccc(S(=O)(=O)O)cc1. The van der Waals surface area contributed by atoms with Crippen molar-refractivity contribution in [3.63, 3.8) is 0 Å². The van der Waals surface area contributed by atoms with Gasteiger partial charge in [-0.3, -0.25) is 4.55 Å². The van der Waals surface area contributed by atoms with Crippen molar-refractivity contribution in [2.75, 3.05) is 0 Å². The minimum absolute atomic E-state index is 0.0161. The molecule has 3 fully saturated rings. The van der Waals surface area contributed by atoms with E-state index in [4.69, 9.17) is 15.7 Å². The molecule has 1 aromatic carbocycles. The van der Waals surface area contributed by atoms with Crippen molar-refractivity contribution < 1.29 is 17.8 Å². The summed E-state index contributed by atoms with van der Waals surface area (Å²) in [6, 6.07) is 5.99. The molecule has 0 amide bonds. The topological polar surface area (TPSA) is 121 Å². The van der Waals surface area contributed by atoms with E-state index in [2.05, 4.69) is 19.9 Å². The fraction of sp³-hybridized carbons (Fsp3) is 0.630. The first kappa shape index (κ1) is 26.6. The summed E-state index contributed by atoms with van der Waals surface area (Å²) in [6.07, 6.45) is 11.7. The molecule has 192 valence electrons. The summed E-state index contributed by atoms with van der Waals surface area (Å²) in [5.41, 5.74) is 8.63. The van der Waals surface area contributed by atoms with Gasteiger partial charge in [0.15, 0.2) is 0 Å². The van der Waals surface area contributed by atoms with Crippen molar-refractivity contribution in [2.45, 2.75) is 81.8 Å². The standard InChI is InChI=1S/C20H30N2OSe.C7H8O3S/c1-19-9-7-13(24-18(21)22)11-12(19)3-4-14-15-5-6-17(23)20(15,2)10-8-16(14)19;1-6-2-4-7(5-3-6)11(8,9)10/h3,13-16H,4-11H2,1-2H3,(H3,21,22);2-5H,1H3,(H,8,9,10)/t13-,14-,15-,16-,19-,20-;/m0./s1. The van der Waals surface area contributed by atoms with Gasteiger partial charge >= 0.3 is 152 Å². The van der Waals surface area contributed by atoms with Crippen molar-refractivity contribution >= 4 is 35.6 Å². The third kappa shape index (κ3) is 5.18. The number of amidine groups is 1. The van der Waals surface area contributed by atoms with E-state index in [1.165, 1.54) is 44.2 Å². The molecule has 0 radical (unpaired) electrons. The first-order chi connectivity index (χ1) is 16.3. The number of allylic oxidation sites excluding steroid dienone is 2. The Kier molecular flexibility index (Phi) is 7.42. The molecule has 0 aliphatic heterocycles. The van der Waals surface area contributed by atoms with E-state index in [0.29, 0.717) is 26.7 Å². The van der Waals surface area contributed by atoms with Crippen LogP contribution in [0.5, 0.6) is 0 Å². The zero-order valence-corrected chi connectivity index (χ0v) is 23.4. The van der Waals surface area contributed by atoms with Gasteiger partial charge in [-0.05, 0) is 19.1 Å². The maximum atomic E-state index is 12.5. The van der Waals surface area contributed by atoms with E-state index < -0.39 is 10.1 Å². The fourth-order valence-electron chi connectivity index (χ4n) is 7.39. The molecule has 4 N–H and O–H groups in total. The van der Waals surface area contributed by atoms with Crippen molar-refractivity contribution in [3.05, 3.63) is 41.5 Å². The predicted molar refractivity (Wildman–Crippen MR) is 139 cm³/mol. The Hall–Kier alpha value is -1.47. The van der Waals surface area contributed by atoms with Gasteiger partial charge in [-0.25, -0.2) is 0 Å². The van der Waals surface area contributed by atoms with Gasteiger partial charge in [-0.2, -0.15) is 8.42 Å². The average Bonchev–Trinajstić information content (AvgIpc) is 3.08. The van der Waals surface area contributed by atoms with Gasteiger partial charge in [0.05, 0.1) is 4.90 Å². The third-order valence-corrected chi connectivity index (χ3v) is 12.3. The van der Waals surface area contributed by atoms with Crippen LogP contribution in [-0.2, 0) is 14.9 Å². The maximum absolute atomic E-state index is 12.5. The molecule has 0 spiro atoms. The Morgan fingerprint density at radius 2 is 1.71 bits per heavy atom. The molecule has 3 saturated carbocycles. The summed E-state index contributed by atoms with van der Waals surface area (Å²) in [5.74, 6) is 2.65. The second-order valence-electron chi connectivity index (χ2n) is 11.3. The van der Waals surface area contributed by atoms with Gasteiger partial charge in [0.1, 0.15) is 0 Å². The minimum Gasteiger partial charge on any atom is -0.282 e. The van der Waals surface area contributed by atoms with Crippen molar-refractivity contribution in [1.82, 2.24) is 0 Å². The van der Waals surface area contributed by atoms with Gasteiger partial charge in [0.2, 0.25) is 0 Å². The van der Waals surface area contributed by atoms with Gasteiger partial charge in [-0.15, -0.1) is 0 Å². The van der Waals surface area contributed by atoms with Crippen LogP contribution in [-0.4, -0.2) is 38.4 Å². The average molecular weight is 566 g/mol. The normalized spacial score (nSPS) is 36.1. The molecule has 35 heavy (non-hydrogen) atoms. The van der Waals surface area contributed by atoms with Crippen LogP contribution in [0.1, 0.15) is 70.8 Å². The summed E-state index contributed by atoms with van der Waals surface area (Å²) in [7, 11) is -4.02. The molecule has 4 aliphatic carbocycles. The number of benzene rings is 1. The molecule has 0 saturated heterocycles. The van der Waals surface area contributed by atoms with Crippen molar-refractivity contribution in [1.29, 1.82) is 5.41 Å². The first-order valence-corrected chi connectivity index (χ1v) is 15.9. The monoisotopic (exact) mass is 566 g/mol. The summed E-state index contributed by atoms with van der Waals surface area (Å²) < 4.78 is 30.0. The number of nitrogens with one attached hydrogen (secondary N) is 1. The summed E-state index contributed by atoms with van der Waals surface area (Å²) in [6.45, 7) is 6.61. The Labute approximate surface area is 215 Å². The van der Waals surface area contributed by atoms with Crippen LogP contribution in [0, 0.1) is 40.9 Å². The van der Waals surface area contributed by atoms with Gasteiger partial charge in [-0.1, -0.05) is 17.7 Å². The number of nitrogens with two attached hydrogens (primary N) is 1. The number of hydrogen-bond acceptors (Lipinski definition) is 4. The van der Waals surface area contributed by atoms with E-state index in [9.17, 15) is 13.2 Å². The third-order valence-electron chi connectivity index (χ3n) is 9.38. The van der Waals surface area contributed by atoms with E-state index in [1.54, 1.807) is 17.7 Å². The molecule has 8 heteroatoms. The number of ketones is 1. The molecule has 0 unspecified atom stereocenters. The number of aryl methyl sites for hydroxylation is 1. The van der Waals surface area contributed by atoms with Crippen LogP contribution in [0.4, 0.5) is 0 Å². The quantitative estimate of drug-likeness (QED) is 0.154. The van der Waals surface area contributed by atoms with E-state index >= 15 is 0 Å². The molecule has 6 nitrogen and oxygen atoms in total. The fourth-order valence-corrected chi connectivity index (χ4v) is 9.67. The van der Waals surface area contributed by atoms with Gasteiger partial charge < -0.3 is 0 Å². The Bertz CT molecular complexity index is 1130. The zero-order valence-electron chi connectivity index (χ0n) is 20.9. The second kappa shape index (κ2) is 9.77. The smallest absolute Gasteiger partial charge is 0.282 e. The Balaban J connectivity index is 0.000000221. The number of carbonyl (C=O) groups is 1. The number of fused-ring (bicyclic) bond motifs is 5. The summed E-state index contributed by atoms with van der Waals surface area (Å²) in [4.78, 5) is 13.0. The first-order valence-electron chi connectivity index (χ1n) is 12.6. The Morgan fingerprint density at radius 1 is 1.09 bits per heavy atom. The maximum Gasteiger partial charge on any atom is 0.294 e. The van der Waals surface area contributed by atoms with Crippen LogP contribution in [0.2, 0.25) is 4.82 Å². The summed E-state index contributed by atoms with van der Waals surface area (Å²) in [5, 5.41) is 7.63. The van der Waals surface area contributed by atoms with Crippen molar-refractivity contribution in [3.8, 4) is 0 Å². The Morgan fingerprint density at radius 3 is 2.34 bits per heavy atom.